The first-order valence-electron chi connectivity index (χ1n) is 3.92. The molecule has 1 aromatic rings. The molecule has 0 aliphatic heterocycles. The standard InChI is InChI=1S/C7H5ClF3IN2O2/c8-5-4(12)6(15)14(3-13-5)1-2-16-7(9,10)11/h3H,1-2H2. The number of halogens is 5. The second kappa shape index (κ2) is 5.32. The third-order valence-electron chi connectivity index (χ3n) is 1.54. The number of rotatable bonds is 3. The van der Waals surface area contributed by atoms with Crippen LogP contribution in [0.4, 0.5) is 13.2 Å². The average Bonchev–Trinajstić information content (AvgIpc) is 2.16. The molecule has 16 heavy (non-hydrogen) atoms. The summed E-state index contributed by atoms with van der Waals surface area (Å²) in [5.74, 6) is 0. The molecule has 0 radical (unpaired) electrons. The predicted octanol–water partition coefficient (Wildman–Crippen LogP) is 2.04. The first kappa shape index (κ1) is 13.7. The van der Waals surface area contributed by atoms with Gasteiger partial charge in [0, 0.05) is 0 Å². The maximum absolute atomic E-state index is 11.7. The summed E-state index contributed by atoms with van der Waals surface area (Å²) in [6.07, 6.45) is -3.62. The lowest BCUT2D eigenvalue weighted by atomic mass is 10.6. The third kappa shape index (κ3) is 3.91. The van der Waals surface area contributed by atoms with Crippen LogP contribution < -0.4 is 5.56 Å². The molecule has 1 rings (SSSR count). The van der Waals surface area contributed by atoms with E-state index >= 15 is 0 Å². The number of ether oxygens (including phenoxy) is 1. The Morgan fingerprint density at radius 2 is 2.19 bits per heavy atom. The van der Waals surface area contributed by atoms with E-state index in [-0.39, 0.29) is 15.3 Å². The Morgan fingerprint density at radius 1 is 1.56 bits per heavy atom. The van der Waals surface area contributed by atoms with Crippen molar-refractivity contribution in [1.82, 2.24) is 9.55 Å². The number of alkyl halides is 3. The molecule has 0 aliphatic rings. The first-order valence-corrected chi connectivity index (χ1v) is 5.38. The molecule has 1 heterocycles. The molecule has 0 atom stereocenters. The van der Waals surface area contributed by atoms with E-state index in [0.717, 1.165) is 10.9 Å². The molecule has 0 saturated heterocycles. The van der Waals surface area contributed by atoms with Crippen LogP contribution in [0.25, 0.3) is 0 Å². The van der Waals surface area contributed by atoms with Gasteiger partial charge in [-0.05, 0) is 22.6 Å². The van der Waals surface area contributed by atoms with E-state index in [2.05, 4.69) is 9.72 Å². The molecule has 90 valence electrons. The van der Waals surface area contributed by atoms with Crippen molar-refractivity contribution in [2.45, 2.75) is 12.9 Å². The van der Waals surface area contributed by atoms with Gasteiger partial charge in [0.25, 0.3) is 5.56 Å². The topological polar surface area (TPSA) is 44.1 Å². The van der Waals surface area contributed by atoms with Gasteiger partial charge in [0.2, 0.25) is 0 Å². The van der Waals surface area contributed by atoms with Gasteiger partial charge in [-0.15, -0.1) is 13.2 Å². The summed E-state index contributed by atoms with van der Waals surface area (Å²) in [6.45, 7) is -0.888. The maximum atomic E-state index is 11.7. The van der Waals surface area contributed by atoms with Crippen LogP contribution in [-0.2, 0) is 11.3 Å². The summed E-state index contributed by atoms with van der Waals surface area (Å²) >= 11 is 7.22. The lowest BCUT2D eigenvalue weighted by Crippen LogP contribution is -2.26. The number of nitrogens with zero attached hydrogens (tertiary/aromatic N) is 2. The second-order valence-electron chi connectivity index (χ2n) is 2.64. The van der Waals surface area contributed by atoms with Crippen LogP contribution in [0.1, 0.15) is 0 Å². The van der Waals surface area contributed by atoms with E-state index in [1.165, 1.54) is 0 Å². The van der Waals surface area contributed by atoms with Gasteiger partial charge < -0.3 is 0 Å². The van der Waals surface area contributed by atoms with Crippen LogP contribution in [0.3, 0.4) is 0 Å². The van der Waals surface area contributed by atoms with E-state index in [4.69, 9.17) is 11.6 Å². The van der Waals surface area contributed by atoms with E-state index in [9.17, 15) is 18.0 Å². The smallest absolute Gasteiger partial charge is 0.296 e. The van der Waals surface area contributed by atoms with E-state index in [1.54, 1.807) is 22.6 Å². The molecule has 0 aliphatic carbocycles. The van der Waals surface area contributed by atoms with Gasteiger partial charge >= 0.3 is 6.36 Å². The van der Waals surface area contributed by atoms with Crippen molar-refractivity contribution >= 4 is 34.2 Å². The van der Waals surface area contributed by atoms with Crippen LogP contribution >= 0.6 is 34.2 Å². The summed E-state index contributed by atoms with van der Waals surface area (Å²) in [4.78, 5) is 15.1. The van der Waals surface area contributed by atoms with Gasteiger partial charge in [-0.25, -0.2) is 4.98 Å². The minimum Gasteiger partial charge on any atom is -0.296 e. The largest absolute Gasteiger partial charge is 0.522 e. The summed E-state index contributed by atoms with van der Waals surface area (Å²) < 4.78 is 39.7. The van der Waals surface area contributed by atoms with E-state index in [1.807, 2.05) is 0 Å². The molecule has 0 aromatic carbocycles. The number of hydrogen-bond donors (Lipinski definition) is 0. The van der Waals surface area contributed by atoms with Crippen molar-refractivity contribution in [3.05, 3.63) is 25.4 Å². The quantitative estimate of drug-likeness (QED) is 0.606. The Morgan fingerprint density at radius 3 is 2.75 bits per heavy atom. The number of aromatic nitrogens is 2. The Balaban J connectivity index is 2.69. The van der Waals surface area contributed by atoms with Gasteiger partial charge in [-0.1, -0.05) is 11.6 Å². The molecule has 9 heteroatoms. The summed E-state index contributed by atoms with van der Waals surface area (Å²) in [7, 11) is 0. The maximum Gasteiger partial charge on any atom is 0.522 e. The third-order valence-corrected chi connectivity index (χ3v) is 3.12. The summed E-state index contributed by atoms with van der Waals surface area (Å²) in [6, 6.07) is 0. The zero-order valence-electron chi connectivity index (χ0n) is 7.59. The highest BCUT2D eigenvalue weighted by Gasteiger charge is 2.28. The van der Waals surface area contributed by atoms with Crippen molar-refractivity contribution in [2.24, 2.45) is 0 Å². The molecule has 4 nitrogen and oxygen atoms in total. The van der Waals surface area contributed by atoms with Crippen LogP contribution in [0.5, 0.6) is 0 Å². The Kier molecular flexibility index (Phi) is 4.56. The highest BCUT2D eigenvalue weighted by atomic mass is 127. The fourth-order valence-corrected chi connectivity index (χ4v) is 1.44. The second-order valence-corrected chi connectivity index (χ2v) is 4.08. The average molecular weight is 368 g/mol. The van der Waals surface area contributed by atoms with Crippen LogP contribution in [0, 0.1) is 3.57 Å². The molecule has 0 fully saturated rings. The summed E-state index contributed by atoms with van der Waals surface area (Å²) in [5.41, 5.74) is -0.494. The molecule has 0 bridgehead atoms. The lowest BCUT2D eigenvalue weighted by Gasteiger charge is -2.08. The molecular formula is C7H5ClF3IN2O2. The normalized spacial score (nSPS) is 11.8. The van der Waals surface area contributed by atoms with Gasteiger partial charge in [-0.3, -0.25) is 14.1 Å². The number of hydrogen-bond acceptors (Lipinski definition) is 3. The van der Waals surface area contributed by atoms with Crippen LogP contribution in [0.2, 0.25) is 5.15 Å². The fourth-order valence-electron chi connectivity index (χ4n) is 0.863. The van der Waals surface area contributed by atoms with E-state index < -0.39 is 18.5 Å². The van der Waals surface area contributed by atoms with E-state index in [0.29, 0.717) is 0 Å². The minimum atomic E-state index is -4.70. The molecule has 0 unspecified atom stereocenters. The van der Waals surface area contributed by atoms with Crippen molar-refractivity contribution in [1.29, 1.82) is 0 Å². The zero-order valence-corrected chi connectivity index (χ0v) is 10.5. The van der Waals surface area contributed by atoms with Crippen LogP contribution in [0.15, 0.2) is 11.1 Å². The van der Waals surface area contributed by atoms with Gasteiger partial charge in [0.05, 0.1) is 19.5 Å². The molecule has 1 aromatic heterocycles. The molecule has 0 N–H and O–H groups in total. The Bertz CT molecular complexity index is 435. The fraction of sp³-hybridized carbons (Fsp3) is 0.429. The van der Waals surface area contributed by atoms with Crippen LogP contribution in [-0.4, -0.2) is 22.5 Å². The molecule has 0 saturated carbocycles. The highest BCUT2D eigenvalue weighted by molar-refractivity contribution is 14.1. The molecular weight excluding hydrogens is 363 g/mol. The Labute approximate surface area is 107 Å². The molecule has 0 amide bonds. The minimum absolute atomic E-state index is 0.0265. The van der Waals surface area contributed by atoms with Crippen molar-refractivity contribution < 1.29 is 17.9 Å². The monoisotopic (exact) mass is 368 g/mol. The Hall–Kier alpha value is -0.350. The van der Waals surface area contributed by atoms with Crippen molar-refractivity contribution in [3.8, 4) is 0 Å². The van der Waals surface area contributed by atoms with Crippen molar-refractivity contribution in [3.63, 3.8) is 0 Å². The summed E-state index contributed by atoms with van der Waals surface area (Å²) in [5, 5.41) is 0.0265. The first-order chi connectivity index (χ1) is 7.31. The van der Waals surface area contributed by atoms with Crippen molar-refractivity contribution in [2.75, 3.05) is 6.61 Å². The lowest BCUT2D eigenvalue weighted by molar-refractivity contribution is -0.325. The predicted molar refractivity (Wildman–Crippen MR) is 58.2 cm³/mol. The highest BCUT2D eigenvalue weighted by Crippen LogP contribution is 2.15. The molecule has 0 spiro atoms. The zero-order chi connectivity index (χ0) is 12.3. The van der Waals surface area contributed by atoms with Gasteiger partial charge in [0.15, 0.2) is 0 Å². The van der Waals surface area contributed by atoms with Gasteiger partial charge in [-0.2, -0.15) is 0 Å². The SMILES string of the molecule is O=c1c(I)c(Cl)ncn1CCOC(F)(F)F. The van der Waals surface area contributed by atoms with Gasteiger partial charge in [0.1, 0.15) is 8.72 Å².